The predicted molar refractivity (Wildman–Crippen MR) is 102 cm³/mol. The highest BCUT2D eigenvalue weighted by atomic mass is 16.2. The average molecular weight is 361 g/mol. The van der Waals surface area contributed by atoms with Gasteiger partial charge in [0, 0.05) is 6.92 Å². The van der Waals surface area contributed by atoms with Gasteiger partial charge in [-0.1, -0.05) is 35.9 Å². The van der Waals surface area contributed by atoms with Crippen LogP contribution >= 0.6 is 0 Å². The van der Waals surface area contributed by atoms with Gasteiger partial charge in [0.15, 0.2) is 11.8 Å². The van der Waals surface area contributed by atoms with E-state index in [2.05, 4.69) is 5.43 Å². The molecule has 0 aromatic heterocycles. The largest absolute Gasteiger partial charge is 0.293 e. The summed E-state index contributed by atoms with van der Waals surface area (Å²) in [5.74, 6) is -1.11. The van der Waals surface area contributed by atoms with Gasteiger partial charge >= 0.3 is 0 Å². The minimum Gasteiger partial charge on any atom is -0.293 e. The predicted octanol–water partition coefficient (Wildman–Crippen LogP) is 2.41. The van der Waals surface area contributed by atoms with Gasteiger partial charge in [0.1, 0.15) is 5.70 Å². The molecule has 27 heavy (non-hydrogen) atoms. The molecule has 0 radical (unpaired) electrons. The molecule has 2 aromatic carbocycles. The Morgan fingerprint density at radius 1 is 1.00 bits per heavy atom. The van der Waals surface area contributed by atoms with Crippen molar-refractivity contribution in [2.24, 2.45) is 0 Å². The number of nitrogens with zero attached hydrogens (tertiary/aromatic N) is 2. The van der Waals surface area contributed by atoms with Crippen LogP contribution in [0.4, 0.5) is 11.4 Å². The lowest BCUT2D eigenvalue weighted by atomic mass is 10.1. The lowest BCUT2D eigenvalue weighted by Gasteiger charge is -2.27. The third kappa shape index (κ3) is 2.52. The summed E-state index contributed by atoms with van der Waals surface area (Å²) in [5, 5.41) is 1.62. The Morgan fingerprint density at radius 2 is 1.67 bits per heavy atom. The molecule has 4 rings (SSSR count). The van der Waals surface area contributed by atoms with Crippen LogP contribution in [0.1, 0.15) is 18.1 Å². The summed E-state index contributed by atoms with van der Waals surface area (Å²) in [7, 11) is 0. The van der Waals surface area contributed by atoms with Crippen LogP contribution in [0.3, 0.4) is 0 Å². The molecule has 1 atom stereocenters. The maximum atomic E-state index is 13.2. The highest BCUT2D eigenvalue weighted by molar-refractivity contribution is 6.34. The number of para-hydroxylation sites is 1. The number of carbonyl (C=O) groups is 3. The van der Waals surface area contributed by atoms with E-state index in [1.54, 1.807) is 17.1 Å². The van der Waals surface area contributed by atoms with Gasteiger partial charge in [0.05, 0.1) is 16.9 Å². The highest BCUT2D eigenvalue weighted by Crippen LogP contribution is 2.37. The number of hydrazine groups is 1. The van der Waals surface area contributed by atoms with Crippen molar-refractivity contribution in [1.82, 2.24) is 5.43 Å². The first-order valence-electron chi connectivity index (χ1n) is 8.71. The van der Waals surface area contributed by atoms with E-state index in [1.807, 2.05) is 50.2 Å². The number of carbonyl (C=O) groups excluding carboxylic acids is 3. The van der Waals surface area contributed by atoms with Crippen LogP contribution < -0.4 is 15.3 Å². The molecular weight excluding hydrogens is 342 g/mol. The maximum Gasteiger partial charge on any atom is 0.266 e. The van der Waals surface area contributed by atoms with Crippen molar-refractivity contribution in [3.8, 4) is 0 Å². The van der Waals surface area contributed by atoms with E-state index in [0.717, 1.165) is 21.7 Å². The van der Waals surface area contributed by atoms with Crippen LogP contribution in [0.25, 0.3) is 0 Å². The third-order valence-electron chi connectivity index (χ3n) is 4.94. The number of anilines is 2. The number of rotatable bonds is 3. The molecule has 2 aliphatic rings. The SMILES string of the molecule is CC(=O)C1=C2C(=O)N(c3ccc(C)cc3)C(=O)[C@H]2N(c2ccccc2C)N1. The number of Topliss-reactive ketones (excluding diaryl/α,β-unsaturated/α-hetero) is 1. The molecule has 1 fully saturated rings. The number of nitrogens with one attached hydrogen (secondary N) is 1. The van der Waals surface area contributed by atoms with Gasteiger partial charge in [-0.05, 0) is 37.6 Å². The Balaban J connectivity index is 1.84. The first-order chi connectivity index (χ1) is 12.9. The summed E-state index contributed by atoms with van der Waals surface area (Å²) in [6.07, 6.45) is 0. The fraction of sp³-hybridized carbons (Fsp3) is 0.190. The number of allylic oxidation sites excluding steroid dienone is 1. The smallest absolute Gasteiger partial charge is 0.266 e. The van der Waals surface area contributed by atoms with Crippen molar-refractivity contribution in [3.05, 3.63) is 70.9 Å². The Kier molecular flexibility index (Phi) is 3.84. The van der Waals surface area contributed by atoms with Crippen LogP contribution in [-0.2, 0) is 14.4 Å². The second-order valence-electron chi connectivity index (χ2n) is 6.83. The quantitative estimate of drug-likeness (QED) is 0.851. The number of hydrogen-bond acceptors (Lipinski definition) is 5. The molecule has 0 unspecified atom stereocenters. The zero-order chi connectivity index (χ0) is 19.3. The minimum absolute atomic E-state index is 0.177. The van der Waals surface area contributed by atoms with Crippen LogP contribution in [0.15, 0.2) is 59.8 Å². The van der Waals surface area contributed by atoms with Crippen molar-refractivity contribution in [2.45, 2.75) is 26.8 Å². The van der Waals surface area contributed by atoms with E-state index in [1.165, 1.54) is 6.92 Å². The number of amides is 2. The fourth-order valence-electron chi connectivity index (χ4n) is 3.55. The number of aryl methyl sites for hydroxylation is 2. The first kappa shape index (κ1) is 17.0. The molecule has 6 heteroatoms. The monoisotopic (exact) mass is 361 g/mol. The summed E-state index contributed by atoms with van der Waals surface area (Å²) < 4.78 is 0. The second-order valence-corrected chi connectivity index (χ2v) is 6.83. The van der Waals surface area contributed by atoms with Crippen molar-refractivity contribution in [3.63, 3.8) is 0 Å². The van der Waals surface area contributed by atoms with Crippen LogP contribution in [0.5, 0.6) is 0 Å². The van der Waals surface area contributed by atoms with E-state index in [9.17, 15) is 14.4 Å². The first-order valence-corrected chi connectivity index (χ1v) is 8.71. The molecule has 0 spiro atoms. The maximum absolute atomic E-state index is 13.2. The van der Waals surface area contributed by atoms with Crippen molar-refractivity contribution in [1.29, 1.82) is 0 Å². The summed E-state index contributed by atoms with van der Waals surface area (Å²) in [4.78, 5) is 39.6. The van der Waals surface area contributed by atoms with Crippen LogP contribution in [-0.4, -0.2) is 23.6 Å². The molecule has 6 nitrogen and oxygen atoms in total. The minimum atomic E-state index is -0.862. The van der Waals surface area contributed by atoms with Gasteiger partial charge in [-0.3, -0.25) is 24.8 Å². The molecule has 1 N–H and O–H groups in total. The topological polar surface area (TPSA) is 69.7 Å². The Morgan fingerprint density at radius 3 is 2.30 bits per heavy atom. The highest BCUT2D eigenvalue weighted by Gasteiger charge is 2.53. The van der Waals surface area contributed by atoms with Gasteiger partial charge in [-0.15, -0.1) is 0 Å². The standard InChI is InChI=1S/C21H19N3O3/c1-12-8-10-15(11-9-12)23-20(26)17-18(14(3)25)22-24(19(17)21(23)27)16-7-5-4-6-13(16)2/h4-11,19,22H,1-3H3/t19-/m0/s1. The van der Waals surface area contributed by atoms with Gasteiger partial charge in [0.25, 0.3) is 11.8 Å². The van der Waals surface area contributed by atoms with E-state index < -0.39 is 11.9 Å². The van der Waals surface area contributed by atoms with Gasteiger partial charge in [-0.2, -0.15) is 0 Å². The van der Waals surface area contributed by atoms with Crippen molar-refractivity contribution in [2.75, 3.05) is 9.91 Å². The molecule has 1 saturated heterocycles. The Bertz CT molecular complexity index is 1010. The number of benzene rings is 2. The molecule has 2 aliphatic heterocycles. The summed E-state index contributed by atoms with van der Waals surface area (Å²) in [6.45, 7) is 5.24. The molecule has 0 bridgehead atoms. The Labute approximate surface area is 157 Å². The second kappa shape index (κ2) is 6.09. The van der Waals surface area contributed by atoms with E-state index in [-0.39, 0.29) is 23.0 Å². The van der Waals surface area contributed by atoms with Crippen molar-refractivity contribution >= 4 is 29.0 Å². The zero-order valence-electron chi connectivity index (χ0n) is 15.3. The Hall–Kier alpha value is -3.41. The summed E-state index contributed by atoms with van der Waals surface area (Å²) in [6, 6.07) is 13.8. The average Bonchev–Trinajstić information content (AvgIpc) is 3.14. The number of ketones is 1. The van der Waals surface area contributed by atoms with E-state index >= 15 is 0 Å². The molecular formula is C21H19N3O3. The number of hydrogen-bond donors (Lipinski definition) is 1. The van der Waals surface area contributed by atoms with Gasteiger partial charge < -0.3 is 0 Å². The van der Waals surface area contributed by atoms with E-state index in [0.29, 0.717) is 5.69 Å². The van der Waals surface area contributed by atoms with Crippen molar-refractivity contribution < 1.29 is 14.4 Å². The molecule has 0 saturated carbocycles. The lowest BCUT2D eigenvalue weighted by Crippen LogP contribution is -2.46. The summed E-state index contributed by atoms with van der Waals surface area (Å²) >= 11 is 0. The van der Waals surface area contributed by atoms with Gasteiger partial charge in [0.2, 0.25) is 0 Å². The molecule has 0 aliphatic carbocycles. The fourth-order valence-corrected chi connectivity index (χ4v) is 3.55. The number of imide groups is 1. The normalized spacial score (nSPS) is 18.9. The lowest BCUT2D eigenvalue weighted by molar-refractivity contribution is -0.121. The third-order valence-corrected chi connectivity index (χ3v) is 4.94. The molecule has 2 heterocycles. The number of fused-ring (bicyclic) bond motifs is 1. The van der Waals surface area contributed by atoms with Gasteiger partial charge in [-0.25, -0.2) is 4.90 Å². The summed E-state index contributed by atoms with van der Waals surface area (Å²) in [5.41, 5.74) is 6.59. The molecule has 136 valence electrons. The van der Waals surface area contributed by atoms with Crippen LogP contribution in [0, 0.1) is 13.8 Å². The van der Waals surface area contributed by atoms with E-state index in [4.69, 9.17) is 0 Å². The zero-order valence-corrected chi connectivity index (χ0v) is 15.3. The molecule has 2 aromatic rings. The molecule has 2 amide bonds. The van der Waals surface area contributed by atoms with Crippen LogP contribution in [0.2, 0.25) is 0 Å².